The molecule has 5 heteroatoms. The van der Waals surface area contributed by atoms with Crippen molar-refractivity contribution in [3.63, 3.8) is 0 Å². The van der Waals surface area contributed by atoms with Crippen LogP contribution in [0.25, 0.3) is 106 Å². The fraction of sp³-hybridized carbons (Fsp3) is 0. The van der Waals surface area contributed by atoms with Crippen LogP contribution in [0.3, 0.4) is 0 Å². The number of furan rings is 1. The molecule has 0 bridgehead atoms. The number of para-hydroxylation sites is 2. The van der Waals surface area contributed by atoms with Crippen molar-refractivity contribution < 1.29 is 4.42 Å². The topological polar surface area (TPSA) is 56.7 Å². The van der Waals surface area contributed by atoms with Crippen molar-refractivity contribution >= 4 is 43.7 Å². The lowest BCUT2D eigenvalue weighted by molar-refractivity contribution is 0.669. The SMILES string of the molecule is c1ccc(-c2nc(-c3ccccc3)nc(-c3cc(-c4ccccc4)c(-n4c5ccccc5c5cc6oc7ccccc7c6cc54)c(-c4ccccc4)c3)n2)cc1. The lowest BCUT2D eigenvalue weighted by atomic mass is 9.92. The summed E-state index contributed by atoms with van der Waals surface area (Å²) in [7, 11) is 0. The van der Waals surface area contributed by atoms with Crippen LogP contribution in [0.4, 0.5) is 0 Å². The van der Waals surface area contributed by atoms with Gasteiger partial charge >= 0.3 is 0 Å². The third-order valence-corrected chi connectivity index (χ3v) is 10.6. The normalized spacial score (nSPS) is 11.6. The fourth-order valence-electron chi connectivity index (χ4n) is 8.05. The van der Waals surface area contributed by atoms with Crippen molar-refractivity contribution in [3.8, 4) is 62.1 Å². The molecular formula is C51H32N4O. The first-order valence-electron chi connectivity index (χ1n) is 18.8. The van der Waals surface area contributed by atoms with Gasteiger partial charge in [-0.1, -0.05) is 158 Å². The molecule has 0 unspecified atom stereocenters. The van der Waals surface area contributed by atoms with Crippen molar-refractivity contribution in [2.75, 3.05) is 0 Å². The second kappa shape index (κ2) is 13.0. The molecule has 11 rings (SSSR count). The number of rotatable bonds is 6. The highest BCUT2D eigenvalue weighted by Crippen LogP contribution is 2.45. The fourth-order valence-corrected chi connectivity index (χ4v) is 8.05. The van der Waals surface area contributed by atoms with Gasteiger partial charge in [-0.05, 0) is 47.5 Å². The summed E-state index contributed by atoms with van der Waals surface area (Å²) in [5.74, 6) is 1.85. The van der Waals surface area contributed by atoms with Gasteiger partial charge in [0.25, 0.3) is 0 Å². The predicted molar refractivity (Wildman–Crippen MR) is 229 cm³/mol. The first-order valence-corrected chi connectivity index (χ1v) is 18.8. The number of aromatic nitrogens is 4. The molecule has 0 saturated heterocycles. The Labute approximate surface area is 322 Å². The number of hydrogen-bond acceptors (Lipinski definition) is 4. The van der Waals surface area contributed by atoms with Crippen molar-refractivity contribution in [1.29, 1.82) is 0 Å². The van der Waals surface area contributed by atoms with Gasteiger partial charge in [0.15, 0.2) is 17.5 Å². The maximum Gasteiger partial charge on any atom is 0.164 e. The molecule has 3 aromatic heterocycles. The maximum absolute atomic E-state index is 6.43. The van der Waals surface area contributed by atoms with Crippen LogP contribution in [0.15, 0.2) is 199 Å². The highest BCUT2D eigenvalue weighted by molar-refractivity contribution is 6.17. The average molecular weight is 717 g/mol. The summed E-state index contributed by atoms with van der Waals surface area (Å²) in [6.07, 6.45) is 0. The van der Waals surface area contributed by atoms with Crippen LogP contribution >= 0.6 is 0 Å². The molecular weight excluding hydrogens is 685 g/mol. The van der Waals surface area contributed by atoms with Gasteiger partial charge in [0, 0.05) is 49.4 Å². The van der Waals surface area contributed by atoms with Gasteiger partial charge in [-0.25, -0.2) is 15.0 Å². The van der Waals surface area contributed by atoms with Crippen molar-refractivity contribution in [3.05, 3.63) is 194 Å². The molecule has 0 amide bonds. The number of nitrogens with zero attached hydrogens (tertiary/aromatic N) is 4. The Morgan fingerprint density at radius 1 is 0.321 bits per heavy atom. The van der Waals surface area contributed by atoms with E-state index in [0.29, 0.717) is 17.5 Å². The summed E-state index contributed by atoms with van der Waals surface area (Å²) in [6.45, 7) is 0. The molecule has 11 aromatic rings. The van der Waals surface area contributed by atoms with Crippen LogP contribution in [-0.4, -0.2) is 19.5 Å². The Kier molecular flexibility index (Phi) is 7.42. The molecule has 8 aromatic carbocycles. The second-order valence-corrected chi connectivity index (χ2v) is 14.0. The Balaban J connectivity index is 1.27. The summed E-state index contributed by atoms with van der Waals surface area (Å²) in [6, 6.07) is 67.5. The van der Waals surface area contributed by atoms with Crippen LogP contribution in [0.2, 0.25) is 0 Å². The van der Waals surface area contributed by atoms with E-state index in [2.05, 4.69) is 126 Å². The van der Waals surface area contributed by atoms with E-state index in [4.69, 9.17) is 19.4 Å². The molecule has 0 spiro atoms. The summed E-state index contributed by atoms with van der Waals surface area (Å²) >= 11 is 0. The maximum atomic E-state index is 6.43. The molecule has 262 valence electrons. The number of benzene rings is 8. The van der Waals surface area contributed by atoms with E-state index < -0.39 is 0 Å². The average Bonchev–Trinajstić information content (AvgIpc) is 3.80. The van der Waals surface area contributed by atoms with Gasteiger partial charge < -0.3 is 8.98 Å². The quantitative estimate of drug-likeness (QED) is 0.172. The minimum atomic E-state index is 0.604. The third-order valence-electron chi connectivity index (χ3n) is 10.6. The smallest absolute Gasteiger partial charge is 0.164 e. The molecule has 0 N–H and O–H groups in total. The minimum absolute atomic E-state index is 0.604. The Morgan fingerprint density at radius 2 is 0.786 bits per heavy atom. The highest BCUT2D eigenvalue weighted by atomic mass is 16.3. The molecule has 0 atom stereocenters. The van der Waals surface area contributed by atoms with Crippen LogP contribution in [-0.2, 0) is 0 Å². The molecule has 0 fully saturated rings. The van der Waals surface area contributed by atoms with Crippen LogP contribution in [0.5, 0.6) is 0 Å². The summed E-state index contributed by atoms with van der Waals surface area (Å²) < 4.78 is 8.87. The van der Waals surface area contributed by atoms with Gasteiger partial charge in [0.1, 0.15) is 11.2 Å². The molecule has 5 nitrogen and oxygen atoms in total. The first kappa shape index (κ1) is 31.9. The van der Waals surface area contributed by atoms with Crippen molar-refractivity contribution in [2.24, 2.45) is 0 Å². The van der Waals surface area contributed by atoms with Gasteiger partial charge in [0.05, 0.1) is 16.7 Å². The largest absolute Gasteiger partial charge is 0.456 e. The van der Waals surface area contributed by atoms with E-state index in [1.54, 1.807) is 0 Å². The molecule has 0 aliphatic rings. The van der Waals surface area contributed by atoms with Gasteiger partial charge in [-0.15, -0.1) is 0 Å². The van der Waals surface area contributed by atoms with E-state index in [1.807, 2.05) is 72.8 Å². The van der Waals surface area contributed by atoms with Crippen LogP contribution in [0.1, 0.15) is 0 Å². The van der Waals surface area contributed by atoms with E-state index in [-0.39, 0.29) is 0 Å². The Hall–Kier alpha value is -7.63. The van der Waals surface area contributed by atoms with E-state index >= 15 is 0 Å². The third kappa shape index (κ3) is 5.29. The van der Waals surface area contributed by atoms with E-state index in [1.165, 1.54) is 0 Å². The van der Waals surface area contributed by atoms with Crippen molar-refractivity contribution in [1.82, 2.24) is 19.5 Å². The summed E-state index contributed by atoms with van der Waals surface area (Å²) in [5, 5.41) is 4.47. The lowest BCUT2D eigenvalue weighted by Crippen LogP contribution is -2.04. The molecule has 3 heterocycles. The first-order chi connectivity index (χ1) is 27.8. The zero-order chi connectivity index (χ0) is 37.0. The van der Waals surface area contributed by atoms with Crippen molar-refractivity contribution in [2.45, 2.75) is 0 Å². The molecule has 56 heavy (non-hydrogen) atoms. The van der Waals surface area contributed by atoms with E-state index in [9.17, 15) is 0 Å². The number of hydrogen-bond donors (Lipinski definition) is 0. The Bertz CT molecular complexity index is 3110. The van der Waals surface area contributed by atoms with E-state index in [0.717, 1.165) is 88.4 Å². The zero-order valence-corrected chi connectivity index (χ0v) is 30.2. The molecule has 0 aliphatic carbocycles. The zero-order valence-electron chi connectivity index (χ0n) is 30.2. The van der Waals surface area contributed by atoms with Crippen LogP contribution < -0.4 is 0 Å². The standard InChI is InChI=1S/C51H32N4O/c1-5-17-33(18-6-1)40-29-37(51-53-49(35-21-9-3-10-22-35)52-50(54-51)36-23-11-4-12-24-36)30-41(34-19-7-2-8-20-34)48(40)55-44-27-15-13-25-38(44)42-32-47-43(31-45(42)55)39-26-14-16-28-46(39)56-47/h1-32H. The molecule has 0 aliphatic heterocycles. The summed E-state index contributed by atoms with van der Waals surface area (Å²) in [5.41, 5.74) is 12.1. The Morgan fingerprint density at radius 3 is 1.36 bits per heavy atom. The lowest BCUT2D eigenvalue weighted by Gasteiger charge is -2.21. The predicted octanol–water partition coefficient (Wildman–Crippen LogP) is 13.2. The van der Waals surface area contributed by atoms with Gasteiger partial charge in [0.2, 0.25) is 0 Å². The number of fused-ring (bicyclic) bond motifs is 6. The molecule has 0 saturated carbocycles. The van der Waals surface area contributed by atoms with Gasteiger partial charge in [-0.3, -0.25) is 0 Å². The van der Waals surface area contributed by atoms with Crippen LogP contribution in [0, 0.1) is 0 Å². The summed E-state index contributed by atoms with van der Waals surface area (Å²) in [4.78, 5) is 15.4. The minimum Gasteiger partial charge on any atom is -0.456 e. The highest BCUT2D eigenvalue weighted by Gasteiger charge is 2.24. The monoisotopic (exact) mass is 716 g/mol. The van der Waals surface area contributed by atoms with Gasteiger partial charge in [-0.2, -0.15) is 0 Å². The molecule has 0 radical (unpaired) electrons. The second-order valence-electron chi connectivity index (χ2n) is 14.0.